The summed E-state index contributed by atoms with van der Waals surface area (Å²) < 4.78 is 1.82. The highest BCUT2D eigenvalue weighted by molar-refractivity contribution is 5.27. The Balaban J connectivity index is 2.21. The first-order chi connectivity index (χ1) is 9.04. The second-order valence-corrected chi connectivity index (χ2v) is 5.53. The molecule has 102 valence electrons. The summed E-state index contributed by atoms with van der Waals surface area (Å²) in [6.45, 7) is 4.42. The molecule has 1 heterocycles. The van der Waals surface area contributed by atoms with Crippen molar-refractivity contribution in [3.63, 3.8) is 0 Å². The smallest absolute Gasteiger partial charge is 0.0522 e. The molecule has 0 aliphatic rings. The van der Waals surface area contributed by atoms with Crippen molar-refractivity contribution in [3.8, 4) is 0 Å². The zero-order chi connectivity index (χ0) is 13.9. The van der Waals surface area contributed by atoms with Crippen LogP contribution in [-0.2, 0) is 18.9 Å². The maximum Gasteiger partial charge on any atom is 0.0522 e. The summed E-state index contributed by atoms with van der Waals surface area (Å²) in [5.74, 6) is 5.77. The quantitative estimate of drug-likeness (QED) is 0.635. The van der Waals surface area contributed by atoms with Crippen molar-refractivity contribution in [1.29, 1.82) is 0 Å². The normalized spacial score (nSPS) is 13.5. The highest BCUT2D eigenvalue weighted by Crippen LogP contribution is 2.28. The van der Waals surface area contributed by atoms with Crippen LogP contribution in [0.5, 0.6) is 0 Å². The number of benzene rings is 1. The van der Waals surface area contributed by atoms with E-state index in [2.05, 4.69) is 48.6 Å². The first kappa shape index (κ1) is 13.8. The lowest BCUT2D eigenvalue weighted by Crippen LogP contribution is -2.49. The second kappa shape index (κ2) is 5.55. The molecular formula is C15H22N4. The largest absolute Gasteiger partial charge is 0.276 e. The molecule has 1 aromatic heterocycles. The Morgan fingerprint density at radius 2 is 2.00 bits per heavy atom. The Labute approximate surface area is 114 Å². The van der Waals surface area contributed by atoms with E-state index in [1.807, 2.05) is 30.2 Å². The van der Waals surface area contributed by atoms with Crippen LogP contribution in [0.4, 0.5) is 0 Å². The zero-order valence-electron chi connectivity index (χ0n) is 11.8. The molecule has 0 amide bonds. The second-order valence-electron chi connectivity index (χ2n) is 5.53. The summed E-state index contributed by atoms with van der Waals surface area (Å²) in [7, 11) is 1.93. The van der Waals surface area contributed by atoms with Crippen LogP contribution in [-0.4, -0.2) is 15.8 Å². The molecule has 0 aliphatic heterocycles. The van der Waals surface area contributed by atoms with Crippen LogP contribution in [0.3, 0.4) is 0 Å². The lowest BCUT2D eigenvalue weighted by atomic mass is 9.76. The average Bonchev–Trinajstić information content (AvgIpc) is 2.82. The van der Waals surface area contributed by atoms with Crippen LogP contribution in [0.15, 0.2) is 42.7 Å². The average molecular weight is 258 g/mol. The number of nitrogens with two attached hydrogens (primary N) is 1. The lowest BCUT2D eigenvalue weighted by molar-refractivity contribution is 0.341. The van der Waals surface area contributed by atoms with Gasteiger partial charge in [-0.05, 0) is 17.5 Å². The van der Waals surface area contributed by atoms with E-state index in [0.717, 1.165) is 6.42 Å². The Hall–Kier alpha value is -1.65. The van der Waals surface area contributed by atoms with Crippen LogP contribution in [0, 0.1) is 0 Å². The van der Waals surface area contributed by atoms with Crippen molar-refractivity contribution in [2.75, 3.05) is 0 Å². The van der Waals surface area contributed by atoms with Gasteiger partial charge in [0.25, 0.3) is 0 Å². The van der Waals surface area contributed by atoms with Gasteiger partial charge in [-0.1, -0.05) is 44.2 Å². The molecule has 4 heteroatoms. The van der Waals surface area contributed by atoms with Crippen molar-refractivity contribution in [2.45, 2.75) is 31.7 Å². The molecule has 1 atom stereocenters. The van der Waals surface area contributed by atoms with E-state index >= 15 is 0 Å². The minimum absolute atomic E-state index is 0.0498. The Morgan fingerprint density at radius 1 is 1.32 bits per heavy atom. The van der Waals surface area contributed by atoms with Gasteiger partial charge in [-0.2, -0.15) is 5.10 Å². The highest BCUT2D eigenvalue weighted by atomic mass is 15.2. The number of nitrogens with one attached hydrogen (secondary N) is 1. The Bertz CT molecular complexity index is 516. The predicted octanol–water partition coefficient (Wildman–Crippen LogP) is 1.77. The molecule has 2 rings (SSSR count). The van der Waals surface area contributed by atoms with Gasteiger partial charge in [-0.3, -0.25) is 16.0 Å². The van der Waals surface area contributed by atoms with Crippen molar-refractivity contribution >= 4 is 0 Å². The van der Waals surface area contributed by atoms with E-state index in [1.54, 1.807) is 0 Å². The highest BCUT2D eigenvalue weighted by Gasteiger charge is 2.30. The summed E-state index contributed by atoms with van der Waals surface area (Å²) >= 11 is 0. The Kier molecular flexibility index (Phi) is 4.02. The molecule has 19 heavy (non-hydrogen) atoms. The van der Waals surface area contributed by atoms with E-state index in [4.69, 9.17) is 5.84 Å². The van der Waals surface area contributed by atoms with Crippen LogP contribution < -0.4 is 11.3 Å². The third-order valence-electron chi connectivity index (χ3n) is 3.79. The van der Waals surface area contributed by atoms with Gasteiger partial charge in [0.15, 0.2) is 0 Å². The van der Waals surface area contributed by atoms with Crippen molar-refractivity contribution in [2.24, 2.45) is 12.9 Å². The van der Waals surface area contributed by atoms with E-state index in [0.29, 0.717) is 0 Å². The van der Waals surface area contributed by atoms with Crippen molar-refractivity contribution in [3.05, 3.63) is 53.9 Å². The minimum atomic E-state index is -0.0498. The first-order valence-electron chi connectivity index (χ1n) is 6.53. The van der Waals surface area contributed by atoms with E-state index in [9.17, 15) is 0 Å². The van der Waals surface area contributed by atoms with Gasteiger partial charge in [-0.25, -0.2) is 0 Å². The topological polar surface area (TPSA) is 55.9 Å². The Morgan fingerprint density at radius 3 is 2.53 bits per heavy atom. The van der Waals surface area contributed by atoms with Gasteiger partial charge in [0, 0.05) is 24.7 Å². The fourth-order valence-electron chi connectivity index (χ4n) is 2.40. The van der Waals surface area contributed by atoms with Crippen LogP contribution >= 0.6 is 0 Å². The summed E-state index contributed by atoms with van der Waals surface area (Å²) in [4.78, 5) is 0. The maximum atomic E-state index is 5.77. The van der Waals surface area contributed by atoms with Gasteiger partial charge < -0.3 is 0 Å². The number of hydrogen-bond donors (Lipinski definition) is 2. The number of rotatable bonds is 5. The standard InChI is InChI=1S/C15H22N4/c1-15(2,13-7-5-4-6-8-13)14(18-16)9-12-10-17-19(3)11-12/h4-8,10-11,14,18H,9,16H2,1-3H3. The molecule has 0 saturated carbocycles. The molecule has 0 aliphatic carbocycles. The first-order valence-corrected chi connectivity index (χ1v) is 6.53. The van der Waals surface area contributed by atoms with Crippen molar-refractivity contribution in [1.82, 2.24) is 15.2 Å². The number of hydrazine groups is 1. The molecule has 0 bridgehead atoms. The molecule has 4 nitrogen and oxygen atoms in total. The fourth-order valence-corrected chi connectivity index (χ4v) is 2.40. The summed E-state index contributed by atoms with van der Waals surface area (Å²) in [5, 5.41) is 4.21. The summed E-state index contributed by atoms with van der Waals surface area (Å²) in [6.07, 6.45) is 4.78. The molecule has 0 radical (unpaired) electrons. The number of aryl methyl sites for hydroxylation is 1. The summed E-state index contributed by atoms with van der Waals surface area (Å²) in [5.41, 5.74) is 5.38. The molecule has 0 fully saturated rings. The molecule has 3 N–H and O–H groups in total. The third-order valence-corrected chi connectivity index (χ3v) is 3.79. The third kappa shape index (κ3) is 3.03. The van der Waals surface area contributed by atoms with Gasteiger partial charge >= 0.3 is 0 Å². The van der Waals surface area contributed by atoms with Gasteiger partial charge in [-0.15, -0.1) is 0 Å². The molecular weight excluding hydrogens is 236 g/mol. The monoisotopic (exact) mass is 258 g/mol. The number of aromatic nitrogens is 2. The van der Waals surface area contributed by atoms with E-state index in [1.165, 1.54) is 11.1 Å². The maximum absolute atomic E-state index is 5.77. The van der Waals surface area contributed by atoms with Crippen molar-refractivity contribution < 1.29 is 0 Å². The lowest BCUT2D eigenvalue weighted by Gasteiger charge is -2.34. The van der Waals surface area contributed by atoms with Gasteiger partial charge in [0.2, 0.25) is 0 Å². The van der Waals surface area contributed by atoms with E-state index < -0.39 is 0 Å². The number of nitrogens with zero attached hydrogens (tertiary/aromatic N) is 2. The molecule has 0 spiro atoms. The number of hydrogen-bond acceptors (Lipinski definition) is 3. The molecule has 1 aromatic carbocycles. The molecule has 1 unspecified atom stereocenters. The molecule has 0 saturated heterocycles. The molecule has 2 aromatic rings. The SMILES string of the molecule is Cn1cc(CC(NN)C(C)(C)c2ccccc2)cn1. The van der Waals surface area contributed by atoms with Crippen LogP contribution in [0.2, 0.25) is 0 Å². The predicted molar refractivity (Wildman–Crippen MR) is 77.5 cm³/mol. The van der Waals surface area contributed by atoms with Crippen LogP contribution in [0.25, 0.3) is 0 Å². The fraction of sp³-hybridized carbons (Fsp3) is 0.400. The van der Waals surface area contributed by atoms with E-state index in [-0.39, 0.29) is 11.5 Å². The van der Waals surface area contributed by atoms with Crippen LogP contribution in [0.1, 0.15) is 25.0 Å². The van der Waals surface area contributed by atoms with Gasteiger partial charge in [0.05, 0.1) is 6.20 Å². The zero-order valence-corrected chi connectivity index (χ0v) is 11.8. The van der Waals surface area contributed by atoms with Gasteiger partial charge in [0.1, 0.15) is 0 Å². The summed E-state index contributed by atoms with van der Waals surface area (Å²) in [6, 6.07) is 10.6. The minimum Gasteiger partial charge on any atom is -0.276 e.